The van der Waals surface area contributed by atoms with Crippen LogP contribution in [0, 0.1) is 6.92 Å². The summed E-state index contributed by atoms with van der Waals surface area (Å²) >= 11 is 5.88. The molecular formula is C22H28ClN5O2. The lowest BCUT2D eigenvalue weighted by Gasteiger charge is -2.35. The first-order valence-corrected chi connectivity index (χ1v) is 11.0. The average molecular weight is 430 g/mol. The molecule has 4 rings (SSSR count). The number of amides is 1. The third kappa shape index (κ3) is 5.14. The molecule has 2 fully saturated rings. The van der Waals surface area contributed by atoms with Crippen LogP contribution in [-0.4, -0.2) is 66.7 Å². The molecule has 8 heteroatoms. The predicted octanol–water partition coefficient (Wildman–Crippen LogP) is 3.16. The van der Waals surface area contributed by atoms with Gasteiger partial charge in [-0.05, 0) is 50.5 Å². The van der Waals surface area contributed by atoms with E-state index in [4.69, 9.17) is 21.3 Å². The van der Waals surface area contributed by atoms with E-state index in [0.29, 0.717) is 23.9 Å². The first-order valence-electron chi connectivity index (χ1n) is 10.6. The predicted molar refractivity (Wildman–Crippen MR) is 119 cm³/mol. The minimum Gasteiger partial charge on any atom is -0.484 e. The molecule has 160 valence electrons. The molecule has 7 nitrogen and oxygen atoms in total. The third-order valence-corrected chi connectivity index (χ3v) is 5.85. The Hall–Kier alpha value is -2.54. The van der Waals surface area contributed by atoms with E-state index in [1.807, 2.05) is 11.8 Å². The molecule has 2 aromatic rings. The number of aryl methyl sites for hydroxylation is 1. The van der Waals surface area contributed by atoms with E-state index in [1.54, 1.807) is 24.3 Å². The molecule has 0 radical (unpaired) electrons. The van der Waals surface area contributed by atoms with Gasteiger partial charge in [-0.25, -0.2) is 4.98 Å². The number of anilines is 2. The van der Waals surface area contributed by atoms with Crippen molar-refractivity contribution in [3.05, 3.63) is 41.0 Å². The van der Waals surface area contributed by atoms with Gasteiger partial charge in [-0.1, -0.05) is 11.6 Å². The van der Waals surface area contributed by atoms with Gasteiger partial charge in [0.25, 0.3) is 5.91 Å². The van der Waals surface area contributed by atoms with Crippen molar-refractivity contribution < 1.29 is 9.53 Å². The summed E-state index contributed by atoms with van der Waals surface area (Å²) in [4.78, 5) is 28.4. The van der Waals surface area contributed by atoms with E-state index in [-0.39, 0.29) is 12.5 Å². The minimum atomic E-state index is -0.0104. The zero-order chi connectivity index (χ0) is 20.9. The topological polar surface area (TPSA) is 61.8 Å². The second kappa shape index (κ2) is 9.51. The van der Waals surface area contributed by atoms with Crippen LogP contribution in [0.1, 0.15) is 25.0 Å². The number of aromatic nitrogens is 2. The number of nitrogens with zero attached hydrogens (tertiary/aromatic N) is 5. The molecular weight excluding hydrogens is 402 g/mol. The van der Waals surface area contributed by atoms with Crippen LogP contribution in [0.4, 0.5) is 11.8 Å². The zero-order valence-corrected chi connectivity index (χ0v) is 18.1. The molecule has 0 spiro atoms. The molecule has 30 heavy (non-hydrogen) atoms. The van der Waals surface area contributed by atoms with Crippen LogP contribution in [0.15, 0.2) is 30.3 Å². The van der Waals surface area contributed by atoms with Gasteiger partial charge in [0.2, 0.25) is 5.95 Å². The summed E-state index contributed by atoms with van der Waals surface area (Å²) in [6, 6.07) is 9.11. The van der Waals surface area contributed by atoms with Crippen molar-refractivity contribution in [2.24, 2.45) is 0 Å². The van der Waals surface area contributed by atoms with Crippen molar-refractivity contribution >= 4 is 29.3 Å². The Kier molecular flexibility index (Phi) is 6.57. The molecule has 1 amide bonds. The molecule has 0 atom stereocenters. The van der Waals surface area contributed by atoms with Crippen LogP contribution in [0.25, 0.3) is 0 Å². The monoisotopic (exact) mass is 429 g/mol. The highest BCUT2D eigenvalue weighted by atomic mass is 35.5. The summed E-state index contributed by atoms with van der Waals surface area (Å²) in [5.74, 6) is 2.42. The molecule has 0 saturated carbocycles. The first kappa shape index (κ1) is 20.7. The smallest absolute Gasteiger partial charge is 0.260 e. The van der Waals surface area contributed by atoms with Gasteiger partial charge in [0.05, 0.1) is 0 Å². The fraction of sp³-hybridized carbons (Fsp3) is 0.500. The molecule has 0 bridgehead atoms. The van der Waals surface area contributed by atoms with Gasteiger partial charge in [0, 0.05) is 56.1 Å². The lowest BCUT2D eigenvalue weighted by molar-refractivity contribution is -0.133. The lowest BCUT2D eigenvalue weighted by Crippen LogP contribution is -2.50. The molecule has 3 heterocycles. The number of hydrogen-bond acceptors (Lipinski definition) is 6. The van der Waals surface area contributed by atoms with Gasteiger partial charge in [-0.15, -0.1) is 0 Å². The van der Waals surface area contributed by atoms with Gasteiger partial charge in [0.1, 0.15) is 11.6 Å². The molecule has 2 aliphatic rings. The number of piperidine rings is 1. The van der Waals surface area contributed by atoms with Crippen molar-refractivity contribution in [1.29, 1.82) is 0 Å². The highest BCUT2D eigenvalue weighted by Gasteiger charge is 2.24. The highest BCUT2D eigenvalue weighted by Crippen LogP contribution is 2.22. The molecule has 0 unspecified atom stereocenters. The van der Waals surface area contributed by atoms with Crippen LogP contribution < -0.4 is 14.5 Å². The van der Waals surface area contributed by atoms with E-state index in [9.17, 15) is 4.79 Å². The summed E-state index contributed by atoms with van der Waals surface area (Å²) in [5, 5.41) is 0.645. The normalized spacial score (nSPS) is 17.2. The summed E-state index contributed by atoms with van der Waals surface area (Å²) in [6.45, 7) is 6.88. The van der Waals surface area contributed by atoms with Crippen molar-refractivity contribution in [1.82, 2.24) is 14.9 Å². The van der Waals surface area contributed by atoms with Gasteiger partial charge >= 0.3 is 0 Å². The summed E-state index contributed by atoms with van der Waals surface area (Å²) in [5.41, 5.74) is 0.982. The summed E-state index contributed by atoms with van der Waals surface area (Å²) < 4.78 is 5.59. The van der Waals surface area contributed by atoms with Gasteiger partial charge in [-0.2, -0.15) is 4.98 Å². The van der Waals surface area contributed by atoms with Crippen LogP contribution >= 0.6 is 11.6 Å². The fourth-order valence-corrected chi connectivity index (χ4v) is 4.01. The fourth-order valence-electron chi connectivity index (χ4n) is 3.89. The zero-order valence-electron chi connectivity index (χ0n) is 17.4. The molecule has 2 saturated heterocycles. The highest BCUT2D eigenvalue weighted by molar-refractivity contribution is 6.30. The Morgan fingerprint density at radius 3 is 2.37 bits per heavy atom. The standard InChI is InChI=1S/C22H28ClN5O2/c1-17-15-20(26-9-3-2-4-10-26)25-22(24-17)28-13-11-27(12-14-28)21(29)16-30-19-7-5-18(23)6-8-19/h5-8,15H,2-4,9-14,16H2,1H3. The molecule has 1 aromatic carbocycles. The third-order valence-electron chi connectivity index (χ3n) is 5.60. The second-order valence-electron chi connectivity index (χ2n) is 7.83. The van der Waals surface area contributed by atoms with Crippen molar-refractivity contribution in [3.63, 3.8) is 0 Å². The molecule has 2 aliphatic heterocycles. The van der Waals surface area contributed by atoms with Crippen molar-refractivity contribution in [2.45, 2.75) is 26.2 Å². The SMILES string of the molecule is Cc1cc(N2CCCCC2)nc(N2CCN(C(=O)COc3ccc(Cl)cc3)CC2)n1. The number of ether oxygens (including phenoxy) is 1. The average Bonchev–Trinajstić information content (AvgIpc) is 2.79. The van der Waals surface area contributed by atoms with Crippen LogP contribution in [-0.2, 0) is 4.79 Å². The number of halogens is 1. The second-order valence-corrected chi connectivity index (χ2v) is 8.26. The molecule has 0 aliphatic carbocycles. The van der Waals surface area contributed by atoms with E-state index in [1.165, 1.54) is 19.3 Å². The van der Waals surface area contributed by atoms with E-state index in [2.05, 4.69) is 20.9 Å². The number of hydrogen-bond donors (Lipinski definition) is 0. The summed E-state index contributed by atoms with van der Waals surface area (Å²) in [7, 11) is 0. The van der Waals surface area contributed by atoms with Crippen molar-refractivity contribution in [2.75, 3.05) is 55.7 Å². The maximum absolute atomic E-state index is 12.5. The van der Waals surface area contributed by atoms with Crippen LogP contribution in [0.3, 0.4) is 0 Å². The maximum atomic E-state index is 12.5. The lowest BCUT2D eigenvalue weighted by atomic mass is 10.1. The Balaban J connectivity index is 1.32. The van der Waals surface area contributed by atoms with E-state index in [0.717, 1.165) is 43.6 Å². The first-order chi connectivity index (χ1) is 14.6. The minimum absolute atomic E-state index is 0.0104. The van der Waals surface area contributed by atoms with Crippen LogP contribution in [0.5, 0.6) is 5.75 Å². The maximum Gasteiger partial charge on any atom is 0.260 e. The Morgan fingerprint density at radius 2 is 1.67 bits per heavy atom. The number of carbonyl (C=O) groups excluding carboxylic acids is 1. The molecule has 1 aromatic heterocycles. The Bertz CT molecular complexity index is 862. The van der Waals surface area contributed by atoms with E-state index < -0.39 is 0 Å². The Labute approximate surface area is 182 Å². The van der Waals surface area contributed by atoms with E-state index >= 15 is 0 Å². The summed E-state index contributed by atoms with van der Waals surface area (Å²) in [6.07, 6.45) is 3.74. The van der Waals surface area contributed by atoms with Gasteiger partial charge < -0.3 is 19.4 Å². The largest absolute Gasteiger partial charge is 0.484 e. The number of benzene rings is 1. The van der Waals surface area contributed by atoms with Crippen molar-refractivity contribution in [3.8, 4) is 5.75 Å². The molecule has 0 N–H and O–H groups in total. The number of carbonyl (C=O) groups is 1. The number of rotatable bonds is 5. The van der Waals surface area contributed by atoms with Gasteiger partial charge in [-0.3, -0.25) is 4.79 Å². The van der Waals surface area contributed by atoms with Gasteiger partial charge in [0.15, 0.2) is 6.61 Å². The van der Waals surface area contributed by atoms with Crippen LogP contribution in [0.2, 0.25) is 5.02 Å². The Morgan fingerprint density at radius 1 is 0.967 bits per heavy atom. The number of piperazine rings is 1. The quantitative estimate of drug-likeness (QED) is 0.727.